The first-order valence-electron chi connectivity index (χ1n) is 8.18. The van der Waals surface area contributed by atoms with Crippen LogP contribution in [-0.4, -0.2) is 12.5 Å². The maximum absolute atomic E-state index is 12.5. The molecule has 1 atom stereocenters. The van der Waals surface area contributed by atoms with Crippen LogP contribution in [0, 0.1) is 0 Å². The number of hydrogen-bond donors (Lipinski definition) is 2. The van der Waals surface area contributed by atoms with Crippen molar-refractivity contribution in [3.05, 3.63) is 99.7 Å². The molecule has 2 aromatic carbocycles. The predicted octanol–water partition coefficient (Wildman–Crippen LogP) is 4.87. The number of benzene rings is 2. The molecule has 0 aliphatic carbocycles. The Morgan fingerprint density at radius 2 is 1.73 bits per heavy atom. The van der Waals surface area contributed by atoms with Crippen LogP contribution in [0.1, 0.15) is 22.7 Å². The topological polar surface area (TPSA) is 41.1 Å². The molecule has 5 heteroatoms. The van der Waals surface area contributed by atoms with E-state index in [2.05, 4.69) is 17.2 Å². The van der Waals surface area contributed by atoms with Gasteiger partial charge in [0, 0.05) is 16.3 Å². The third-order valence-electron chi connectivity index (χ3n) is 3.97. The maximum Gasteiger partial charge on any atom is 0.240 e. The largest absolute Gasteiger partial charge is 0.376 e. The van der Waals surface area contributed by atoms with Gasteiger partial charge in [-0.1, -0.05) is 60.6 Å². The summed E-state index contributed by atoms with van der Waals surface area (Å²) in [4.78, 5) is 12.5. The maximum atomic E-state index is 12.5. The van der Waals surface area contributed by atoms with E-state index in [1.165, 1.54) is 0 Å². The number of thiophene rings is 1. The van der Waals surface area contributed by atoms with Crippen LogP contribution in [0.25, 0.3) is 5.70 Å². The van der Waals surface area contributed by atoms with Gasteiger partial charge in [0.2, 0.25) is 5.91 Å². The Labute approximate surface area is 162 Å². The second kappa shape index (κ2) is 8.70. The second-order valence-electron chi connectivity index (χ2n) is 5.81. The first-order valence-corrected chi connectivity index (χ1v) is 9.50. The molecule has 0 saturated heterocycles. The summed E-state index contributed by atoms with van der Waals surface area (Å²) in [5.41, 5.74) is 3.73. The van der Waals surface area contributed by atoms with Crippen LogP contribution in [-0.2, 0) is 4.79 Å². The first-order chi connectivity index (χ1) is 12.6. The van der Waals surface area contributed by atoms with Gasteiger partial charge in [-0.25, -0.2) is 0 Å². The van der Waals surface area contributed by atoms with E-state index in [0.717, 1.165) is 22.4 Å². The Morgan fingerprint density at radius 1 is 1.04 bits per heavy atom. The number of nitrogens with one attached hydrogen (secondary N) is 2. The summed E-state index contributed by atoms with van der Waals surface area (Å²) in [6, 6.07) is 19.1. The molecule has 132 valence electrons. The minimum absolute atomic E-state index is 0.106. The van der Waals surface area contributed by atoms with Crippen molar-refractivity contribution in [1.29, 1.82) is 0 Å². The Hall–Kier alpha value is -2.56. The fourth-order valence-corrected chi connectivity index (χ4v) is 3.39. The van der Waals surface area contributed by atoms with Gasteiger partial charge in [-0.2, -0.15) is 11.3 Å². The number of hydrogen-bond acceptors (Lipinski definition) is 3. The number of rotatable bonds is 7. The van der Waals surface area contributed by atoms with Crippen molar-refractivity contribution >= 4 is 34.5 Å². The molecule has 1 heterocycles. The fraction of sp³-hybridized carbons (Fsp3) is 0.0952. The SMILES string of the molecule is C=C(NCC(=O)NC(c1ccccc1)c1ccc(Cl)cc1)c1ccsc1. The average molecular weight is 383 g/mol. The lowest BCUT2D eigenvalue weighted by atomic mass is 9.98. The molecule has 0 aliphatic rings. The smallest absolute Gasteiger partial charge is 0.240 e. The summed E-state index contributed by atoms with van der Waals surface area (Å²) in [5.74, 6) is -0.106. The van der Waals surface area contributed by atoms with Crippen molar-refractivity contribution in [2.75, 3.05) is 6.54 Å². The van der Waals surface area contributed by atoms with Crippen LogP contribution in [0.5, 0.6) is 0 Å². The van der Waals surface area contributed by atoms with Gasteiger partial charge < -0.3 is 10.6 Å². The highest BCUT2D eigenvalue weighted by atomic mass is 35.5. The molecule has 26 heavy (non-hydrogen) atoms. The zero-order chi connectivity index (χ0) is 18.4. The highest BCUT2D eigenvalue weighted by molar-refractivity contribution is 7.08. The minimum Gasteiger partial charge on any atom is -0.376 e. The van der Waals surface area contributed by atoms with Gasteiger partial charge in [0.05, 0.1) is 12.6 Å². The molecular formula is C21H19ClN2OS. The van der Waals surface area contributed by atoms with Crippen LogP contribution in [0.15, 0.2) is 78.0 Å². The molecule has 3 aromatic rings. The van der Waals surface area contributed by atoms with E-state index in [4.69, 9.17) is 11.6 Å². The van der Waals surface area contributed by atoms with Crippen molar-refractivity contribution in [3.63, 3.8) is 0 Å². The number of carbonyl (C=O) groups is 1. The van der Waals surface area contributed by atoms with Gasteiger partial charge in [0.1, 0.15) is 0 Å². The van der Waals surface area contributed by atoms with E-state index in [-0.39, 0.29) is 18.5 Å². The van der Waals surface area contributed by atoms with Crippen molar-refractivity contribution in [3.8, 4) is 0 Å². The van der Waals surface area contributed by atoms with Gasteiger partial charge in [-0.3, -0.25) is 4.79 Å². The Morgan fingerprint density at radius 3 is 2.38 bits per heavy atom. The molecule has 3 rings (SSSR count). The van der Waals surface area contributed by atoms with E-state index in [9.17, 15) is 4.79 Å². The molecule has 1 amide bonds. The minimum atomic E-state index is -0.239. The van der Waals surface area contributed by atoms with E-state index in [0.29, 0.717) is 5.02 Å². The van der Waals surface area contributed by atoms with E-state index < -0.39 is 0 Å². The third kappa shape index (κ3) is 4.75. The fourth-order valence-electron chi connectivity index (χ4n) is 2.60. The molecule has 1 aromatic heterocycles. The number of carbonyl (C=O) groups excluding carboxylic acids is 1. The van der Waals surface area contributed by atoms with Crippen LogP contribution in [0.2, 0.25) is 5.02 Å². The average Bonchev–Trinajstić information content (AvgIpc) is 3.21. The van der Waals surface area contributed by atoms with Crippen LogP contribution in [0.3, 0.4) is 0 Å². The predicted molar refractivity (Wildman–Crippen MR) is 109 cm³/mol. The van der Waals surface area contributed by atoms with Crippen LogP contribution < -0.4 is 10.6 Å². The molecule has 0 radical (unpaired) electrons. The molecule has 0 saturated carbocycles. The molecule has 2 N–H and O–H groups in total. The van der Waals surface area contributed by atoms with Gasteiger partial charge in [-0.15, -0.1) is 0 Å². The normalized spacial score (nSPS) is 11.6. The van der Waals surface area contributed by atoms with Crippen LogP contribution in [0.4, 0.5) is 0 Å². The highest BCUT2D eigenvalue weighted by Crippen LogP contribution is 2.23. The highest BCUT2D eigenvalue weighted by Gasteiger charge is 2.16. The monoisotopic (exact) mass is 382 g/mol. The summed E-state index contributed by atoms with van der Waals surface area (Å²) in [6.45, 7) is 4.13. The Bertz CT molecular complexity index is 861. The van der Waals surface area contributed by atoms with Crippen LogP contribution >= 0.6 is 22.9 Å². The van der Waals surface area contributed by atoms with Crippen molar-refractivity contribution < 1.29 is 4.79 Å². The van der Waals surface area contributed by atoms with Gasteiger partial charge in [-0.05, 0) is 40.1 Å². The molecular weight excluding hydrogens is 364 g/mol. The molecule has 0 aliphatic heterocycles. The molecule has 0 spiro atoms. The molecule has 0 fully saturated rings. The zero-order valence-electron chi connectivity index (χ0n) is 14.1. The molecule has 1 unspecified atom stereocenters. The molecule has 3 nitrogen and oxygen atoms in total. The van der Waals surface area contributed by atoms with E-state index in [1.807, 2.05) is 71.4 Å². The van der Waals surface area contributed by atoms with E-state index in [1.54, 1.807) is 11.3 Å². The standard InChI is InChI=1S/C21H19ClN2OS/c1-15(18-11-12-26-14-18)23-13-20(25)24-21(16-5-3-2-4-6-16)17-7-9-19(22)10-8-17/h2-12,14,21,23H,1,13H2,(H,24,25). The summed E-state index contributed by atoms with van der Waals surface area (Å²) < 4.78 is 0. The lowest BCUT2D eigenvalue weighted by Crippen LogP contribution is -2.36. The van der Waals surface area contributed by atoms with Gasteiger partial charge >= 0.3 is 0 Å². The second-order valence-corrected chi connectivity index (χ2v) is 7.02. The van der Waals surface area contributed by atoms with Crippen molar-refractivity contribution in [2.45, 2.75) is 6.04 Å². The summed E-state index contributed by atoms with van der Waals surface area (Å²) >= 11 is 7.59. The molecule has 0 bridgehead atoms. The number of amides is 1. The quantitative estimate of drug-likeness (QED) is 0.612. The van der Waals surface area contributed by atoms with Crippen molar-refractivity contribution in [1.82, 2.24) is 10.6 Å². The lowest BCUT2D eigenvalue weighted by molar-refractivity contribution is -0.120. The first kappa shape index (κ1) is 18.2. The Balaban J connectivity index is 1.70. The van der Waals surface area contributed by atoms with Gasteiger partial charge in [0.25, 0.3) is 0 Å². The van der Waals surface area contributed by atoms with Gasteiger partial charge in [0.15, 0.2) is 0 Å². The third-order valence-corrected chi connectivity index (χ3v) is 4.91. The summed E-state index contributed by atoms with van der Waals surface area (Å²) in [7, 11) is 0. The summed E-state index contributed by atoms with van der Waals surface area (Å²) in [6.07, 6.45) is 0. The summed E-state index contributed by atoms with van der Waals surface area (Å²) in [5, 5.41) is 10.8. The number of halogens is 1. The zero-order valence-corrected chi connectivity index (χ0v) is 15.7. The van der Waals surface area contributed by atoms with E-state index >= 15 is 0 Å². The lowest BCUT2D eigenvalue weighted by Gasteiger charge is -2.20. The van der Waals surface area contributed by atoms with Crippen molar-refractivity contribution in [2.24, 2.45) is 0 Å². The Kier molecular flexibility index (Phi) is 6.10.